The largest absolute Gasteiger partial charge is 0.480 e. The lowest BCUT2D eigenvalue weighted by Crippen LogP contribution is -2.45. The van der Waals surface area contributed by atoms with Crippen LogP contribution in [0.5, 0.6) is 0 Å². The molecule has 0 radical (unpaired) electrons. The Kier molecular flexibility index (Phi) is 6.32. The molecule has 0 fully saturated rings. The molecular formula is C14H21NO5S. The van der Waals surface area contributed by atoms with Gasteiger partial charge in [0.1, 0.15) is 6.04 Å². The third-order valence-electron chi connectivity index (χ3n) is 3.07. The lowest BCUT2D eigenvalue weighted by molar-refractivity contribution is -0.140. The standard InChI is InChI=1S/C14H21NO5S/c1-10(2)13(14(16)17)15-21(18,19)9-12(20-3)11-7-5-4-6-8-11/h4-8,10,12-13,15H,9H2,1-3H3,(H,16,17)/t12?,13-/m1/s1. The van der Waals surface area contributed by atoms with E-state index >= 15 is 0 Å². The van der Waals surface area contributed by atoms with Gasteiger partial charge in [-0.1, -0.05) is 44.2 Å². The molecular weight excluding hydrogens is 294 g/mol. The van der Waals surface area contributed by atoms with Crippen molar-refractivity contribution in [3.05, 3.63) is 35.9 Å². The van der Waals surface area contributed by atoms with Crippen molar-refractivity contribution < 1.29 is 23.1 Å². The smallest absolute Gasteiger partial charge is 0.321 e. The second-order valence-corrected chi connectivity index (χ2v) is 6.89. The van der Waals surface area contributed by atoms with Crippen LogP contribution in [0.3, 0.4) is 0 Å². The average molecular weight is 315 g/mol. The van der Waals surface area contributed by atoms with Crippen LogP contribution in [0.1, 0.15) is 25.5 Å². The summed E-state index contributed by atoms with van der Waals surface area (Å²) in [7, 11) is -2.37. The number of sulfonamides is 1. The Bertz CT molecular complexity index is 556. The monoisotopic (exact) mass is 315 g/mol. The van der Waals surface area contributed by atoms with Crippen LogP contribution in [0, 0.1) is 5.92 Å². The predicted octanol–water partition coefficient (Wildman–Crippen LogP) is 1.40. The van der Waals surface area contributed by atoms with Crippen molar-refractivity contribution >= 4 is 16.0 Å². The molecule has 0 bridgehead atoms. The van der Waals surface area contributed by atoms with Crippen molar-refractivity contribution in [2.45, 2.75) is 26.0 Å². The Labute approximate surface area is 125 Å². The molecule has 118 valence electrons. The van der Waals surface area contributed by atoms with E-state index < -0.39 is 28.1 Å². The fourth-order valence-corrected chi connectivity index (χ4v) is 3.46. The van der Waals surface area contributed by atoms with Gasteiger partial charge in [-0.3, -0.25) is 4.79 Å². The highest BCUT2D eigenvalue weighted by atomic mass is 32.2. The number of aliphatic carboxylic acids is 1. The number of hydrogen-bond donors (Lipinski definition) is 2. The number of ether oxygens (including phenoxy) is 1. The van der Waals surface area contributed by atoms with E-state index in [2.05, 4.69) is 4.72 Å². The topological polar surface area (TPSA) is 92.7 Å². The summed E-state index contributed by atoms with van der Waals surface area (Å²) in [5.74, 6) is -1.87. The van der Waals surface area contributed by atoms with Crippen LogP contribution in [0.25, 0.3) is 0 Å². The highest BCUT2D eigenvalue weighted by molar-refractivity contribution is 7.89. The van der Waals surface area contributed by atoms with Crippen molar-refractivity contribution in [1.29, 1.82) is 0 Å². The molecule has 0 saturated heterocycles. The quantitative estimate of drug-likeness (QED) is 0.756. The molecule has 0 saturated carbocycles. The Morgan fingerprint density at radius 3 is 2.29 bits per heavy atom. The Hall–Kier alpha value is -1.44. The second kappa shape index (κ2) is 7.53. The van der Waals surface area contributed by atoms with Gasteiger partial charge < -0.3 is 9.84 Å². The van der Waals surface area contributed by atoms with E-state index in [1.807, 2.05) is 6.07 Å². The SMILES string of the molecule is COC(CS(=O)(=O)N[C@@H](C(=O)O)C(C)C)c1ccccc1. The van der Waals surface area contributed by atoms with Gasteiger partial charge in [-0.15, -0.1) is 0 Å². The summed E-state index contributed by atoms with van der Waals surface area (Å²) in [6, 6.07) is 7.78. The molecule has 0 aliphatic heterocycles. The van der Waals surface area contributed by atoms with Crippen molar-refractivity contribution in [2.24, 2.45) is 5.92 Å². The van der Waals surface area contributed by atoms with Crippen LogP contribution in [0.4, 0.5) is 0 Å². The Morgan fingerprint density at radius 2 is 1.86 bits per heavy atom. The van der Waals surface area contributed by atoms with E-state index in [0.29, 0.717) is 0 Å². The van der Waals surface area contributed by atoms with Gasteiger partial charge in [0.2, 0.25) is 10.0 Å². The van der Waals surface area contributed by atoms with Crippen LogP contribution in [0.2, 0.25) is 0 Å². The van der Waals surface area contributed by atoms with Gasteiger partial charge in [-0.05, 0) is 11.5 Å². The Morgan fingerprint density at radius 1 is 1.29 bits per heavy atom. The zero-order valence-electron chi connectivity index (χ0n) is 12.3. The average Bonchev–Trinajstić information content (AvgIpc) is 2.42. The van der Waals surface area contributed by atoms with E-state index in [1.165, 1.54) is 7.11 Å². The van der Waals surface area contributed by atoms with Crippen LogP contribution < -0.4 is 4.72 Å². The lowest BCUT2D eigenvalue weighted by atomic mass is 10.1. The summed E-state index contributed by atoms with van der Waals surface area (Å²) in [5, 5.41) is 9.06. The number of carboxylic acids is 1. The first-order valence-electron chi connectivity index (χ1n) is 6.57. The van der Waals surface area contributed by atoms with Crippen molar-refractivity contribution in [1.82, 2.24) is 4.72 Å². The normalized spacial score (nSPS) is 14.9. The van der Waals surface area contributed by atoms with Gasteiger partial charge in [0.05, 0.1) is 11.9 Å². The number of carboxylic acid groups (broad SMARTS) is 1. The number of hydrogen-bond acceptors (Lipinski definition) is 4. The van der Waals surface area contributed by atoms with E-state index in [4.69, 9.17) is 9.84 Å². The number of rotatable bonds is 8. The lowest BCUT2D eigenvalue weighted by Gasteiger charge is -2.21. The molecule has 0 amide bonds. The molecule has 0 heterocycles. The summed E-state index contributed by atoms with van der Waals surface area (Å²) >= 11 is 0. The first-order chi connectivity index (χ1) is 9.76. The van der Waals surface area contributed by atoms with E-state index in [-0.39, 0.29) is 11.7 Å². The minimum absolute atomic E-state index is 0.329. The van der Waals surface area contributed by atoms with E-state index in [1.54, 1.807) is 38.1 Å². The number of nitrogens with one attached hydrogen (secondary N) is 1. The van der Waals surface area contributed by atoms with Crippen LogP contribution in [-0.4, -0.2) is 38.4 Å². The molecule has 0 spiro atoms. The summed E-state index contributed by atoms with van der Waals surface area (Å²) in [6.45, 7) is 3.29. The molecule has 0 aliphatic rings. The van der Waals surface area contributed by atoms with Gasteiger partial charge in [-0.2, -0.15) is 0 Å². The minimum Gasteiger partial charge on any atom is -0.480 e. The van der Waals surface area contributed by atoms with E-state index in [0.717, 1.165) is 5.56 Å². The Balaban J connectivity index is 2.85. The molecule has 21 heavy (non-hydrogen) atoms. The molecule has 2 atom stereocenters. The maximum absolute atomic E-state index is 12.1. The molecule has 0 aromatic heterocycles. The maximum Gasteiger partial charge on any atom is 0.321 e. The second-order valence-electron chi connectivity index (χ2n) is 5.09. The maximum atomic E-state index is 12.1. The zero-order chi connectivity index (χ0) is 16.0. The molecule has 1 unspecified atom stereocenters. The molecule has 1 rings (SSSR count). The third-order valence-corrected chi connectivity index (χ3v) is 4.42. The molecule has 2 N–H and O–H groups in total. The summed E-state index contributed by atoms with van der Waals surface area (Å²) in [6.07, 6.45) is -0.648. The van der Waals surface area contributed by atoms with Gasteiger partial charge >= 0.3 is 5.97 Å². The summed E-state index contributed by atoms with van der Waals surface area (Å²) in [4.78, 5) is 11.1. The summed E-state index contributed by atoms with van der Waals surface area (Å²) in [5.41, 5.74) is 0.724. The van der Waals surface area contributed by atoms with Crippen LogP contribution >= 0.6 is 0 Å². The molecule has 0 aliphatic carbocycles. The van der Waals surface area contributed by atoms with Gasteiger partial charge in [0, 0.05) is 7.11 Å². The molecule has 1 aromatic carbocycles. The molecule has 1 aromatic rings. The highest BCUT2D eigenvalue weighted by Crippen LogP contribution is 2.18. The zero-order valence-corrected chi connectivity index (χ0v) is 13.1. The molecule has 6 nitrogen and oxygen atoms in total. The number of carbonyl (C=O) groups is 1. The van der Waals surface area contributed by atoms with Crippen LogP contribution in [0.15, 0.2) is 30.3 Å². The molecule has 7 heteroatoms. The fourth-order valence-electron chi connectivity index (χ4n) is 1.88. The van der Waals surface area contributed by atoms with E-state index in [9.17, 15) is 13.2 Å². The van der Waals surface area contributed by atoms with Crippen molar-refractivity contribution in [3.8, 4) is 0 Å². The first kappa shape index (κ1) is 17.6. The van der Waals surface area contributed by atoms with Crippen molar-refractivity contribution in [3.63, 3.8) is 0 Å². The van der Waals surface area contributed by atoms with Crippen LogP contribution in [-0.2, 0) is 19.6 Å². The third kappa shape index (κ3) is 5.45. The predicted molar refractivity (Wildman–Crippen MR) is 79.4 cm³/mol. The van der Waals surface area contributed by atoms with Crippen molar-refractivity contribution in [2.75, 3.05) is 12.9 Å². The summed E-state index contributed by atoms with van der Waals surface area (Å²) < 4.78 is 31.7. The fraction of sp³-hybridized carbons (Fsp3) is 0.500. The van der Waals surface area contributed by atoms with Gasteiger partial charge in [-0.25, -0.2) is 13.1 Å². The first-order valence-corrected chi connectivity index (χ1v) is 8.22. The number of benzene rings is 1. The minimum atomic E-state index is -3.79. The van der Waals surface area contributed by atoms with Gasteiger partial charge in [0.25, 0.3) is 0 Å². The van der Waals surface area contributed by atoms with Gasteiger partial charge in [0.15, 0.2) is 0 Å². The highest BCUT2D eigenvalue weighted by Gasteiger charge is 2.29. The number of methoxy groups -OCH3 is 1.